The Labute approximate surface area is 128 Å². The molecule has 0 saturated carbocycles. The lowest BCUT2D eigenvalue weighted by atomic mass is 10.2. The molecule has 0 radical (unpaired) electrons. The summed E-state index contributed by atoms with van der Waals surface area (Å²) in [5, 5.41) is 5.36. The van der Waals surface area contributed by atoms with Crippen LogP contribution in [0, 0.1) is 0 Å². The largest absolute Gasteiger partial charge is 0.460 e. The van der Waals surface area contributed by atoms with Crippen molar-refractivity contribution in [1.82, 2.24) is 5.43 Å². The summed E-state index contributed by atoms with van der Waals surface area (Å²) in [6.45, 7) is 2.59. The monoisotopic (exact) mass is 310 g/mol. The van der Waals surface area contributed by atoms with Gasteiger partial charge in [0.15, 0.2) is 0 Å². The van der Waals surface area contributed by atoms with E-state index in [-0.39, 0.29) is 0 Å². The van der Waals surface area contributed by atoms with E-state index in [1.807, 2.05) is 18.2 Å². The molecule has 0 aliphatic heterocycles. The fraction of sp³-hybridized carbons (Fsp3) is 0.267. The van der Waals surface area contributed by atoms with Gasteiger partial charge in [-0.05, 0) is 30.7 Å². The molecule has 0 fully saturated rings. The summed E-state index contributed by atoms with van der Waals surface area (Å²) in [7, 11) is 0. The highest BCUT2D eigenvalue weighted by atomic mass is 35.5. The minimum atomic E-state index is 0.470. The van der Waals surface area contributed by atoms with Gasteiger partial charge in [0.2, 0.25) is 0 Å². The van der Waals surface area contributed by atoms with Gasteiger partial charge >= 0.3 is 0 Å². The first-order valence-electron chi connectivity index (χ1n) is 6.48. The van der Waals surface area contributed by atoms with Gasteiger partial charge in [-0.1, -0.05) is 36.2 Å². The van der Waals surface area contributed by atoms with E-state index in [2.05, 4.69) is 17.5 Å². The molecule has 5 heteroatoms. The van der Waals surface area contributed by atoms with Gasteiger partial charge in [0.25, 0.3) is 0 Å². The van der Waals surface area contributed by atoms with E-state index in [1.165, 1.54) is 0 Å². The molecule has 106 valence electrons. The predicted molar refractivity (Wildman–Crippen MR) is 83.6 cm³/mol. The second-order valence-corrected chi connectivity index (χ2v) is 5.16. The molecular formula is C15H16Cl2N2O. The number of hydrogen-bond acceptors (Lipinski definition) is 3. The maximum atomic E-state index is 6.07. The van der Waals surface area contributed by atoms with Gasteiger partial charge in [-0.3, -0.25) is 0 Å². The second kappa shape index (κ2) is 7.36. The molecule has 0 unspecified atom stereocenters. The highest BCUT2D eigenvalue weighted by molar-refractivity contribution is 6.35. The Kier molecular flexibility index (Phi) is 5.50. The minimum absolute atomic E-state index is 0.470. The van der Waals surface area contributed by atoms with E-state index < -0.39 is 0 Å². The van der Waals surface area contributed by atoms with Crippen LogP contribution in [0.25, 0.3) is 0 Å². The van der Waals surface area contributed by atoms with E-state index >= 15 is 0 Å². The van der Waals surface area contributed by atoms with Crippen LogP contribution >= 0.6 is 23.2 Å². The highest BCUT2D eigenvalue weighted by Crippen LogP contribution is 2.23. The van der Waals surface area contributed by atoms with Gasteiger partial charge in [0.1, 0.15) is 11.5 Å². The average molecular weight is 311 g/mol. The smallest absolute Gasteiger partial charge is 0.147 e. The third-order valence-corrected chi connectivity index (χ3v) is 3.49. The summed E-state index contributed by atoms with van der Waals surface area (Å²) in [6.07, 6.45) is 3.65. The lowest BCUT2D eigenvalue weighted by molar-refractivity contribution is 0.500. The number of furan rings is 1. The molecule has 2 aromatic rings. The number of aryl methyl sites for hydroxylation is 1. The number of nitrogens with zero attached hydrogens (tertiary/aromatic N) is 1. The number of benzene rings is 1. The summed E-state index contributed by atoms with van der Waals surface area (Å²) in [5.74, 6) is 1.70. The van der Waals surface area contributed by atoms with Crippen molar-refractivity contribution >= 4 is 29.4 Å². The normalized spacial score (nSPS) is 11.2. The Hall–Kier alpha value is -1.45. The zero-order valence-corrected chi connectivity index (χ0v) is 12.7. The van der Waals surface area contributed by atoms with Crippen LogP contribution in [0.2, 0.25) is 10.0 Å². The number of nitrogens with one attached hydrogen (secondary N) is 1. The first kappa shape index (κ1) is 14.9. The lowest BCUT2D eigenvalue weighted by Gasteiger charge is -2.05. The molecule has 0 amide bonds. The molecule has 0 aliphatic rings. The fourth-order valence-corrected chi connectivity index (χ4v) is 2.31. The van der Waals surface area contributed by atoms with E-state index in [0.717, 1.165) is 29.9 Å². The van der Waals surface area contributed by atoms with Crippen molar-refractivity contribution in [3.05, 3.63) is 57.5 Å². The molecular weight excluding hydrogens is 295 g/mol. The van der Waals surface area contributed by atoms with Crippen LogP contribution in [0.15, 0.2) is 39.9 Å². The van der Waals surface area contributed by atoms with E-state index in [0.29, 0.717) is 16.6 Å². The van der Waals surface area contributed by atoms with Crippen molar-refractivity contribution in [2.24, 2.45) is 5.10 Å². The second-order valence-electron chi connectivity index (χ2n) is 4.35. The van der Waals surface area contributed by atoms with Crippen LogP contribution in [0.1, 0.15) is 30.4 Å². The molecule has 2 rings (SSSR count). The topological polar surface area (TPSA) is 37.5 Å². The van der Waals surface area contributed by atoms with Crippen LogP contribution in [0.3, 0.4) is 0 Å². The summed E-state index contributed by atoms with van der Waals surface area (Å²) in [4.78, 5) is 0. The van der Waals surface area contributed by atoms with E-state index in [4.69, 9.17) is 27.6 Å². The Balaban J connectivity index is 1.90. The SMILES string of the molecule is CCCc1ccc(/C=N/NCc2c(Cl)cccc2Cl)o1. The van der Waals surface area contributed by atoms with Crippen LogP contribution in [0.4, 0.5) is 0 Å². The molecule has 0 saturated heterocycles. The summed E-state index contributed by atoms with van der Waals surface area (Å²) in [6, 6.07) is 9.29. The van der Waals surface area contributed by atoms with Crippen molar-refractivity contribution in [3.63, 3.8) is 0 Å². The Morgan fingerprint density at radius 1 is 1.20 bits per heavy atom. The Morgan fingerprint density at radius 2 is 1.95 bits per heavy atom. The van der Waals surface area contributed by atoms with Crippen LogP contribution in [-0.2, 0) is 13.0 Å². The first-order valence-corrected chi connectivity index (χ1v) is 7.24. The summed E-state index contributed by atoms with van der Waals surface area (Å²) < 4.78 is 5.58. The van der Waals surface area contributed by atoms with Gasteiger partial charge in [0.05, 0.1) is 12.8 Å². The van der Waals surface area contributed by atoms with Crippen molar-refractivity contribution in [3.8, 4) is 0 Å². The van der Waals surface area contributed by atoms with Crippen molar-refractivity contribution in [2.45, 2.75) is 26.3 Å². The molecule has 3 nitrogen and oxygen atoms in total. The average Bonchev–Trinajstić information content (AvgIpc) is 2.85. The number of hydrogen-bond donors (Lipinski definition) is 1. The minimum Gasteiger partial charge on any atom is -0.460 e. The summed E-state index contributed by atoms with van der Waals surface area (Å²) >= 11 is 12.1. The maximum absolute atomic E-state index is 6.07. The van der Waals surface area contributed by atoms with Crippen LogP contribution in [-0.4, -0.2) is 6.21 Å². The van der Waals surface area contributed by atoms with Crippen molar-refractivity contribution < 1.29 is 4.42 Å². The molecule has 1 N–H and O–H groups in total. The third kappa shape index (κ3) is 4.02. The predicted octanol–water partition coefficient (Wildman–Crippen LogP) is 4.66. The van der Waals surface area contributed by atoms with E-state index in [9.17, 15) is 0 Å². The number of rotatable bonds is 6. The van der Waals surface area contributed by atoms with Gasteiger partial charge < -0.3 is 9.84 Å². The standard InChI is InChI=1S/C15H16Cl2N2O/c1-2-4-11-7-8-12(20-11)9-18-19-10-13-14(16)5-3-6-15(13)17/h3,5-9,19H,2,4,10H2,1H3/b18-9+. The highest BCUT2D eigenvalue weighted by Gasteiger charge is 2.04. The summed E-state index contributed by atoms with van der Waals surface area (Å²) in [5.41, 5.74) is 3.75. The number of hydrazone groups is 1. The van der Waals surface area contributed by atoms with Crippen molar-refractivity contribution in [2.75, 3.05) is 0 Å². The number of halogens is 2. The zero-order chi connectivity index (χ0) is 14.4. The van der Waals surface area contributed by atoms with Crippen LogP contribution < -0.4 is 5.43 Å². The molecule has 0 atom stereocenters. The molecule has 20 heavy (non-hydrogen) atoms. The molecule has 1 aromatic heterocycles. The van der Waals surface area contributed by atoms with Gasteiger partial charge in [-0.15, -0.1) is 0 Å². The van der Waals surface area contributed by atoms with Crippen molar-refractivity contribution in [1.29, 1.82) is 0 Å². The van der Waals surface area contributed by atoms with Crippen LogP contribution in [0.5, 0.6) is 0 Å². The molecule has 1 heterocycles. The molecule has 0 aliphatic carbocycles. The van der Waals surface area contributed by atoms with Gasteiger partial charge in [-0.2, -0.15) is 5.10 Å². The Morgan fingerprint density at radius 3 is 2.65 bits per heavy atom. The maximum Gasteiger partial charge on any atom is 0.147 e. The quantitative estimate of drug-likeness (QED) is 0.622. The third-order valence-electron chi connectivity index (χ3n) is 2.78. The molecule has 0 bridgehead atoms. The van der Waals surface area contributed by atoms with E-state index in [1.54, 1.807) is 18.3 Å². The van der Waals surface area contributed by atoms with Gasteiger partial charge in [0, 0.05) is 22.0 Å². The fourth-order valence-electron chi connectivity index (χ4n) is 1.78. The first-order chi connectivity index (χ1) is 9.70. The Bertz CT molecular complexity index is 573. The lowest BCUT2D eigenvalue weighted by Crippen LogP contribution is -2.06. The molecule has 0 spiro atoms. The molecule has 1 aromatic carbocycles. The zero-order valence-electron chi connectivity index (χ0n) is 11.2. The van der Waals surface area contributed by atoms with Gasteiger partial charge in [-0.25, -0.2) is 0 Å².